The van der Waals surface area contributed by atoms with E-state index in [-0.39, 0.29) is 5.54 Å². The number of ether oxygens (including phenoxy) is 1. The van der Waals surface area contributed by atoms with Crippen molar-refractivity contribution in [3.05, 3.63) is 84.6 Å². The number of anilines is 2. The lowest BCUT2D eigenvalue weighted by molar-refractivity contribution is 0.0819. The lowest BCUT2D eigenvalue weighted by Gasteiger charge is -2.41. The predicted molar refractivity (Wildman–Crippen MR) is 169 cm³/mol. The molecule has 8 nitrogen and oxygen atoms in total. The van der Waals surface area contributed by atoms with Crippen molar-refractivity contribution in [3.8, 4) is 28.3 Å². The van der Waals surface area contributed by atoms with E-state index in [0.717, 1.165) is 78.9 Å². The number of fused-ring (bicyclic) bond motifs is 1. The summed E-state index contributed by atoms with van der Waals surface area (Å²) < 4.78 is 7.65. The zero-order valence-corrected chi connectivity index (χ0v) is 24.4. The molecule has 1 saturated heterocycles. The number of rotatable bonds is 7. The summed E-state index contributed by atoms with van der Waals surface area (Å²) in [5.41, 5.74) is 13.8. The highest BCUT2D eigenvalue weighted by Crippen LogP contribution is 2.42. The molecule has 9 heteroatoms. The Kier molecular flexibility index (Phi) is 7.06. The smallest absolute Gasteiger partial charge is 0.165 e. The Labute approximate surface area is 250 Å². The van der Waals surface area contributed by atoms with E-state index in [1.54, 1.807) is 13.3 Å². The van der Waals surface area contributed by atoms with Gasteiger partial charge in [-0.15, -0.1) is 0 Å². The second kappa shape index (κ2) is 11.0. The SMILES string of the molecule is COC1CCN(c2cccc(-c3ccc4nc(-c5cccnc5N)n(-c5ccc(C6(NCl)CCC6)cc5)c4n3)c2)CC1. The second-order valence-corrected chi connectivity index (χ2v) is 11.5. The highest BCUT2D eigenvalue weighted by atomic mass is 35.5. The Morgan fingerprint density at radius 2 is 1.76 bits per heavy atom. The first kappa shape index (κ1) is 26.9. The summed E-state index contributed by atoms with van der Waals surface area (Å²) in [5.74, 6) is 1.13. The summed E-state index contributed by atoms with van der Waals surface area (Å²) in [6.07, 6.45) is 7.31. The number of hydrogen-bond donors (Lipinski definition) is 2. The van der Waals surface area contributed by atoms with E-state index >= 15 is 0 Å². The van der Waals surface area contributed by atoms with Crippen LogP contribution < -0.4 is 15.5 Å². The molecule has 2 aromatic carbocycles. The maximum atomic E-state index is 6.35. The number of nitrogens with zero attached hydrogens (tertiary/aromatic N) is 5. The van der Waals surface area contributed by atoms with Gasteiger partial charge in [-0.1, -0.05) is 24.3 Å². The Morgan fingerprint density at radius 1 is 0.952 bits per heavy atom. The number of imidazole rings is 1. The number of methoxy groups -OCH3 is 1. The molecule has 1 saturated carbocycles. The van der Waals surface area contributed by atoms with E-state index in [0.29, 0.717) is 17.7 Å². The highest BCUT2D eigenvalue weighted by molar-refractivity contribution is 6.14. The number of piperidine rings is 1. The molecular weight excluding hydrogens is 546 g/mol. The summed E-state index contributed by atoms with van der Waals surface area (Å²) >= 11 is 6.18. The van der Waals surface area contributed by atoms with Gasteiger partial charge in [-0.2, -0.15) is 0 Å². The molecule has 42 heavy (non-hydrogen) atoms. The molecule has 0 radical (unpaired) electrons. The molecule has 0 spiro atoms. The standard InChI is InChI=1S/C33H34ClN7O/c1-42-26-14-19-40(20-15-26)25-6-2-5-22(21-25)28-12-13-29-32(37-28)41(31(38-29)27-7-3-18-36-30(27)35)24-10-8-23(9-11-24)33(39-34)16-4-17-33/h2-3,5-13,18,21,26,39H,4,14-17,19-20H2,1H3,(H2,35,36). The molecule has 3 aromatic heterocycles. The summed E-state index contributed by atoms with van der Waals surface area (Å²) in [4.78, 5) is 20.0. The van der Waals surface area contributed by atoms with Gasteiger partial charge in [0.25, 0.3) is 0 Å². The van der Waals surface area contributed by atoms with E-state index in [1.807, 2.05) is 24.3 Å². The first-order valence-electron chi connectivity index (χ1n) is 14.6. The van der Waals surface area contributed by atoms with Gasteiger partial charge < -0.3 is 15.4 Å². The minimum atomic E-state index is -0.164. The predicted octanol–water partition coefficient (Wildman–Crippen LogP) is 6.47. The van der Waals surface area contributed by atoms with Crippen LogP contribution in [0.1, 0.15) is 37.7 Å². The second-order valence-electron chi connectivity index (χ2n) is 11.3. The molecule has 1 aliphatic carbocycles. The maximum Gasteiger partial charge on any atom is 0.165 e. The Morgan fingerprint density at radius 3 is 2.45 bits per heavy atom. The van der Waals surface area contributed by atoms with Crippen molar-refractivity contribution in [1.29, 1.82) is 0 Å². The average molecular weight is 580 g/mol. The van der Waals surface area contributed by atoms with E-state index < -0.39 is 0 Å². The summed E-state index contributed by atoms with van der Waals surface area (Å²) in [7, 11) is 1.80. The fourth-order valence-corrected chi connectivity index (χ4v) is 6.56. The van der Waals surface area contributed by atoms with E-state index in [1.165, 1.54) is 11.3 Å². The zero-order chi connectivity index (χ0) is 28.7. The molecule has 3 N–H and O–H groups in total. The zero-order valence-electron chi connectivity index (χ0n) is 23.6. The van der Waals surface area contributed by atoms with Gasteiger partial charge in [-0.3, -0.25) is 4.57 Å². The van der Waals surface area contributed by atoms with Crippen LogP contribution in [0.5, 0.6) is 0 Å². The normalized spacial score (nSPS) is 17.0. The van der Waals surface area contributed by atoms with Crippen molar-refractivity contribution in [2.75, 3.05) is 30.8 Å². The molecule has 2 fully saturated rings. The number of pyridine rings is 2. The van der Waals surface area contributed by atoms with E-state index in [9.17, 15) is 0 Å². The summed E-state index contributed by atoms with van der Waals surface area (Å²) in [6.45, 7) is 1.96. The first-order valence-corrected chi connectivity index (χ1v) is 14.9. The number of nitrogens with one attached hydrogen (secondary N) is 1. The fourth-order valence-electron chi connectivity index (χ4n) is 6.26. The molecule has 1 aliphatic heterocycles. The van der Waals surface area contributed by atoms with Crippen molar-refractivity contribution < 1.29 is 4.74 Å². The third-order valence-corrected chi connectivity index (χ3v) is 9.29. The highest BCUT2D eigenvalue weighted by Gasteiger charge is 2.38. The van der Waals surface area contributed by atoms with Crippen LogP contribution in [0, 0.1) is 0 Å². The quantitative estimate of drug-likeness (QED) is 0.213. The molecule has 0 bridgehead atoms. The number of benzene rings is 2. The number of halogens is 1. The molecular formula is C33H34ClN7O. The van der Waals surface area contributed by atoms with Gasteiger partial charge in [0.05, 0.1) is 22.9 Å². The van der Waals surface area contributed by atoms with Crippen molar-refractivity contribution in [2.24, 2.45) is 0 Å². The van der Waals surface area contributed by atoms with Gasteiger partial charge in [0.1, 0.15) is 11.3 Å². The van der Waals surface area contributed by atoms with Crippen molar-refractivity contribution >= 4 is 34.4 Å². The maximum absolute atomic E-state index is 6.35. The third-order valence-electron chi connectivity index (χ3n) is 8.93. The number of nitrogen functional groups attached to an aromatic ring is 1. The number of hydrogen-bond acceptors (Lipinski definition) is 7. The van der Waals surface area contributed by atoms with Crippen molar-refractivity contribution in [2.45, 2.75) is 43.7 Å². The van der Waals surface area contributed by atoms with Crippen molar-refractivity contribution in [1.82, 2.24) is 24.4 Å². The van der Waals surface area contributed by atoms with Crippen LogP contribution in [0.4, 0.5) is 11.5 Å². The van der Waals surface area contributed by atoms with Crippen LogP contribution in [-0.2, 0) is 10.3 Å². The Balaban J connectivity index is 1.32. The van der Waals surface area contributed by atoms with Gasteiger partial charge in [0.15, 0.2) is 11.5 Å². The lowest BCUT2D eigenvalue weighted by atomic mass is 9.73. The molecule has 214 valence electrons. The van der Waals surface area contributed by atoms with Crippen molar-refractivity contribution in [3.63, 3.8) is 0 Å². The van der Waals surface area contributed by atoms with Crippen LogP contribution >= 0.6 is 11.8 Å². The molecule has 0 atom stereocenters. The molecule has 7 rings (SSSR count). The molecule has 0 amide bonds. The van der Waals surface area contributed by atoms with E-state index in [4.69, 9.17) is 32.2 Å². The van der Waals surface area contributed by atoms with Crippen LogP contribution in [0.3, 0.4) is 0 Å². The summed E-state index contributed by atoms with van der Waals surface area (Å²) in [6, 6.07) is 25.1. The summed E-state index contributed by atoms with van der Waals surface area (Å²) in [5, 5.41) is 0. The minimum Gasteiger partial charge on any atom is -0.383 e. The van der Waals surface area contributed by atoms with Gasteiger partial charge in [-0.25, -0.2) is 19.8 Å². The van der Waals surface area contributed by atoms with Crippen LogP contribution in [0.2, 0.25) is 0 Å². The fraction of sp³-hybridized carbons (Fsp3) is 0.303. The molecule has 5 aromatic rings. The lowest BCUT2D eigenvalue weighted by Crippen LogP contribution is -2.43. The Bertz CT molecular complexity index is 1720. The van der Waals surface area contributed by atoms with Crippen LogP contribution in [0.15, 0.2) is 79.0 Å². The molecule has 4 heterocycles. The van der Waals surface area contributed by atoms with Gasteiger partial charge >= 0.3 is 0 Å². The van der Waals surface area contributed by atoms with Gasteiger partial charge in [-0.05, 0) is 98.0 Å². The molecule has 2 aliphatic rings. The largest absolute Gasteiger partial charge is 0.383 e. The van der Waals surface area contributed by atoms with Gasteiger partial charge in [0.2, 0.25) is 0 Å². The number of nitrogens with two attached hydrogens (primary N) is 1. The van der Waals surface area contributed by atoms with Crippen LogP contribution in [0.25, 0.3) is 39.5 Å². The third kappa shape index (κ3) is 4.69. The first-order chi connectivity index (χ1) is 20.6. The topological polar surface area (TPSA) is 94.1 Å². The average Bonchev–Trinajstić information content (AvgIpc) is 3.40. The van der Waals surface area contributed by atoms with E-state index in [2.05, 4.69) is 67.8 Å². The molecule has 0 unspecified atom stereocenters. The van der Waals surface area contributed by atoms with Crippen LogP contribution in [-0.4, -0.2) is 45.8 Å². The van der Waals surface area contributed by atoms with Gasteiger partial charge in [0, 0.05) is 43.3 Å². The number of aromatic nitrogens is 4. The monoisotopic (exact) mass is 579 g/mol. The Hall–Kier alpha value is -3.98. The minimum absolute atomic E-state index is 0.164.